The van der Waals surface area contributed by atoms with Gasteiger partial charge in [0.15, 0.2) is 5.82 Å². The number of fused-ring (bicyclic) bond motifs is 1. The van der Waals surface area contributed by atoms with Crippen LogP contribution in [0.15, 0.2) is 48.5 Å². The van der Waals surface area contributed by atoms with Crippen LogP contribution in [0.25, 0.3) is 15.5 Å². The third kappa shape index (κ3) is 3.09. The standard InChI is InChI=1S/C16H10FN5O3S/c17-11-3-7-13(8-4-11)25-9-14-18-19-16-21(14)20-15(26-16)10-1-5-12(6-2-10)22(23)24/h1-8H,9H2. The number of nitrogens with zero attached hydrogens (tertiary/aromatic N) is 5. The van der Waals surface area contributed by atoms with Gasteiger partial charge in [0.2, 0.25) is 4.96 Å². The van der Waals surface area contributed by atoms with Crippen molar-refractivity contribution in [1.29, 1.82) is 0 Å². The number of aromatic nitrogens is 4. The first kappa shape index (κ1) is 16.1. The molecule has 0 aliphatic heterocycles. The van der Waals surface area contributed by atoms with Crippen LogP contribution in [0.4, 0.5) is 10.1 Å². The van der Waals surface area contributed by atoms with Gasteiger partial charge >= 0.3 is 0 Å². The number of ether oxygens (including phenoxy) is 1. The minimum atomic E-state index is -0.451. The molecule has 0 aliphatic carbocycles. The van der Waals surface area contributed by atoms with Crippen molar-refractivity contribution in [3.63, 3.8) is 0 Å². The van der Waals surface area contributed by atoms with Crippen LogP contribution in [-0.4, -0.2) is 24.7 Å². The second-order valence-electron chi connectivity index (χ2n) is 5.26. The number of nitro benzene ring substituents is 1. The van der Waals surface area contributed by atoms with E-state index in [0.717, 1.165) is 5.56 Å². The topological polar surface area (TPSA) is 95.5 Å². The van der Waals surface area contributed by atoms with Crippen molar-refractivity contribution >= 4 is 22.0 Å². The predicted octanol–water partition coefficient (Wildman–Crippen LogP) is 3.48. The summed E-state index contributed by atoms with van der Waals surface area (Å²) in [4.78, 5) is 10.9. The zero-order chi connectivity index (χ0) is 18.1. The van der Waals surface area contributed by atoms with Gasteiger partial charge in [-0.1, -0.05) is 11.3 Å². The molecule has 130 valence electrons. The maximum Gasteiger partial charge on any atom is 0.269 e. The zero-order valence-electron chi connectivity index (χ0n) is 13.1. The van der Waals surface area contributed by atoms with Gasteiger partial charge in [0, 0.05) is 17.7 Å². The van der Waals surface area contributed by atoms with Crippen molar-refractivity contribution < 1.29 is 14.1 Å². The lowest BCUT2D eigenvalue weighted by atomic mass is 10.2. The van der Waals surface area contributed by atoms with Gasteiger partial charge in [-0.15, -0.1) is 10.2 Å². The van der Waals surface area contributed by atoms with Crippen LogP contribution >= 0.6 is 11.3 Å². The van der Waals surface area contributed by atoms with E-state index in [-0.39, 0.29) is 18.1 Å². The van der Waals surface area contributed by atoms with Gasteiger partial charge in [-0.25, -0.2) is 4.39 Å². The summed E-state index contributed by atoms with van der Waals surface area (Å²) in [6.45, 7) is 0.121. The first-order valence-electron chi connectivity index (χ1n) is 7.44. The van der Waals surface area contributed by atoms with Crippen LogP contribution in [0.3, 0.4) is 0 Å². The highest BCUT2D eigenvalue weighted by molar-refractivity contribution is 7.19. The first-order chi connectivity index (χ1) is 12.6. The van der Waals surface area contributed by atoms with E-state index in [4.69, 9.17) is 4.74 Å². The van der Waals surface area contributed by atoms with Crippen molar-refractivity contribution in [1.82, 2.24) is 19.8 Å². The van der Waals surface area contributed by atoms with Gasteiger partial charge in [-0.05, 0) is 36.4 Å². The molecule has 0 unspecified atom stereocenters. The van der Waals surface area contributed by atoms with Gasteiger partial charge < -0.3 is 4.74 Å². The fraction of sp³-hybridized carbons (Fsp3) is 0.0625. The molecular formula is C16H10FN5O3S. The van der Waals surface area contributed by atoms with Gasteiger partial charge in [0.1, 0.15) is 23.2 Å². The first-order valence-corrected chi connectivity index (χ1v) is 8.26. The van der Waals surface area contributed by atoms with Crippen LogP contribution in [0.5, 0.6) is 5.75 Å². The highest BCUT2D eigenvalue weighted by Crippen LogP contribution is 2.27. The molecule has 8 nitrogen and oxygen atoms in total. The fourth-order valence-electron chi connectivity index (χ4n) is 2.27. The summed E-state index contributed by atoms with van der Waals surface area (Å²) in [5, 5.41) is 23.9. The van der Waals surface area contributed by atoms with E-state index in [1.807, 2.05) is 0 Å². The second kappa shape index (κ2) is 6.48. The second-order valence-corrected chi connectivity index (χ2v) is 6.22. The molecule has 2 aromatic carbocycles. The summed E-state index contributed by atoms with van der Waals surface area (Å²) >= 11 is 1.31. The Morgan fingerprint density at radius 2 is 1.85 bits per heavy atom. The number of rotatable bonds is 5. The van der Waals surface area contributed by atoms with Crippen molar-refractivity contribution in [2.75, 3.05) is 0 Å². The lowest BCUT2D eigenvalue weighted by Crippen LogP contribution is -2.02. The van der Waals surface area contributed by atoms with E-state index in [9.17, 15) is 14.5 Å². The lowest BCUT2D eigenvalue weighted by Gasteiger charge is -2.03. The molecule has 0 aliphatic rings. The van der Waals surface area contributed by atoms with Crippen molar-refractivity contribution in [2.45, 2.75) is 6.61 Å². The smallest absolute Gasteiger partial charge is 0.269 e. The number of nitro groups is 1. The average molecular weight is 371 g/mol. The zero-order valence-corrected chi connectivity index (χ0v) is 13.9. The number of hydrogen-bond donors (Lipinski definition) is 0. The minimum absolute atomic E-state index is 0.0186. The van der Waals surface area contributed by atoms with E-state index in [1.165, 1.54) is 47.7 Å². The van der Waals surface area contributed by atoms with Crippen molar-refractivity contribution in [3.8, 4) is 16.3 Å². The van der Waals surface area contributed by atoms with Crippen LogP contribution in [-0.2, 0) is 6.61 Å². The molecule has 0 spiro atoms. The van der Waals surface area contributed by atoms with Crippen molar-refractivity contribution in [3.05, 3.63) is 70.3 Å². The molecule has 10 heteroatoms. The molecule has 4 rings (SSSR count). The van der Waals surface area contributed by atoms with Crippen LogP contribution in [0.1, 0.15) is 5.82 Å². The molecule has 0 atom stereocenters. The summed E-state index contributed by atoms with van der Waals surface area (Å²) < 4.78 is 20.0. The lowest BCUT2D eigenvalue weighted by molar-refractivity contribution is -0.384. The molecule has 0 bridgehead atoms. The Labute approximate surface area is 149 Å². The minimum Gasteiger partial charge on any atom is -0.486 e. The highest BCUT2D eigenvalue weighted by atomic mass is 32.1. The van der Waals surface area contributed by atoms with E-state index >= 15 is 0 Å². The van der Waals surface area contributed by atoms with Gasteiger partial charge in [0.05, 0.1) is 4.92 Å². The van der Waals surface area contributed by atoms with Crippen LogP contribution < -0.4 is 4.74 Å². The fourth-order valence-corrected chi connectivity index (χ4v) is 3.13. The van der Waals surface area contributed by atoms with E-state index in [0.29, 0.717) is 21.5 Å². The van der Waals surface area contributed by atoms with Gasteiger partial charge in [-0.3, -0.25) is 10.1 Å². The Bertz CT molecular complexity index is 1080. The molecule has 0 saturated carbocycles. The summed E-state index contributed by atoms with van der Waals surface area (Å²) in [6, 6.07) is 11.8. The predicted molar refractivity (Wildman–Crippen MR) is 91.5 cm³/mol. The molecule has 0 saturated heterocycles. The van der Waals surface area contributed by atoms with Crippen molar-refractivity contribution in [2.24, 2.45) is 0 Å². The SMILES string of the molecule is O=[N+]([O-])c1ccc(-c2nn3c(COc4ccc(F)cc4)nnc3s2)cc1. The molecule has 0 radical (unpaired) electrons. The molecule has 2 aromatic heterocycles. The molecule has 0 amide bonds. The maximum atomic E-state index is 12.9. The number of non-ortho nitro benzene ring substituents is 1. The van der Waals surface area contributed by atoms with E-state index < -0.39 is 4.92 Å². The molecule has 26 heavy (non-hydrogen) atoms. The number of hydrogen-bond acceptors (Lipinski definition) is 7. The largest absolute Gasteiger partial charge is 0.486 e. The van der Waals surface area contributed by atoms with Crippen LogP contribution in [0.2, 0.25) is 0 Å². The van der Waals surface area contributed by atoms with E-state index in [2.05, 4.69) is 15.3 Å². The summed E-state index contributed by atoms with van der Waals surface area (Å²) in [5.41, 5.74) is 0.765. The van der Waals surface area contributed by atoms with E-state index in [1.54, 1.807) is 16.6 Å². The Balaban J connectivity index is 1.56. The third-order valence-electron chi connectivity index (χ3n) is 3.56. The van der Waals surface area contributed by atoms with Crippen LogP contribution in [0, 0.1) is 15.9 Å². The summed E-state index contributed by atoms with van der Waals surface area (Å²) in [5.74, 6) is 0.664. The van der Waals surface area contributed by atoms with Gasteiger partial charge in [-0.2, -0.15) is 9.61 Å². The Morgan fingerprint density at radius 3 is 2.54 bits per heavy atom. The Hall–Kier alpha value is -3.40. The quantitative estimate of drug-likeness (QED) is 0.394. The molecular weight excluding hydrogens is 361 g/mol. The molecule has 0 N–H and O–H groups in total. The normalized spacial score (nSPS) is 11.0. The highest BCUT2D eigenvalue weighted by Gasteiger charge is 2.14. The maximum absolute atomic E-state index is 12.9. The Morgan fingerprint density at radius 1 is 1.12 bits per heavy atom. The summed E-state index contributed by atoms with van der Waals surface area (Å²) in [6.07, 6.45) is 0. The molecule has 0 fully saturated rings. The number of halogens is 1. The monoisotopic (exact) mass is 371 g/mol. The third-order valence-corrected chi connectivity index (χ3v) is 4.51. The van der Waals surface area contributed by atoms with Gasteiger partial charge in [0.25, 0.3) is 5.69 Å². The Kier molecular flexibility index (Phi) is 4.01. The number of benzene rings is 2. The molecule has 4 aromatic rings. The molecule has 2 heterocycles. The average Bonchev–Trinajstić information content (AvgIpc) is 3.22. The summed E-state index contributed by atoms with van der Waals surface area (Å²) in [7, 11) is 0.